The lowest BCUT2D eigenvalue weighted by molar-refractivity contribution is -0.143. The van der Waals surface area contributed by atoms with Gasteiger partial charge >= 0.3 is 48.0 Å². The number of alkyl carbamates (subject to hydrolysis) is 2. The van der Waals surface area contributed by atoms with Crippen molar-refractivity contribution in [2.75, 3.05) is 269 Å². The number of aliphatic carboxylic acids is 6. The first-order valence-electron chi connectivity index (χ1n) is 50.5. The van der Waals surface area contributed by atoms with E-state index in [1.54, 1.807) is 49.3 Å². The molecule has 23 N–H and O–H groups in total. The van der Waals surface area contributed by atoms with Gasteiger partial charge in [-0.25, -0.2) is 9.59 Å². The van der Waals surface area contributed by atoms with Crippen molar-refractivity contribution < 1.29 is 164 Å². The smallest absolute Gasteiger partial charge is 0.407 e. The summed E-state index contributed by atoms with van der Waals surface area (Å²) < 4.78 is 86.6. The first kappa shape index (κ1) is 132. The van der Waals surface area contributed by atoms with Crippen molar-refractivity contribution in [1.82, 2.24) is 62.1 Å². The Morgan fingerprint density at radius 3 is 1.17 bits per heavy atom. The summed E-state index contributed by atoms with van der Waals surface area (Å²) in [5, 5.41) is 90.4. The minimum atomic E-state index is -3.17. The van der Waals surface area contributed by atoms with Crippen LogP contribution in [0.1, 0.15) is 132 Å². The Balaban J connectivity index is 1.54. The van der Waals surface area contributed by atoms with E-state index < -0.39 is 158 Å². The second kappa shape index (κ2) is 74.9. The largest absolute Gasteiger partial charge is 0.481 e. The van der Waals surface area contributed by atoms with Crippen LogP contribution in [0.3, 0.4) is 0 Å². The lowest BCUT2D eigenvalue weighted by Gasteiger charge is -2.33. The summed E-state index contributed by atoms with van der Waals surface area (Å²) in [6.07, 6.45) is -0.254. The van der Waals surface area contributed by atoms with Crippen LogP contribution < -0.4 is 54.0 Å². The maximum absolute atomic E-state index is 15.1. The number of primary amides is 1. The molecule has 149 heavy (non-hydrogen) atoms. The fourth-order valence-corrected chi connectivity index (χ4v) is 21.8. The summed E-state index contributed by atoms with van der Waals surface area (Å²) in [5.41, 5.74) is 17.4. The highest BCUT2D eigenvalue weighted by Gasteiger charge is 2.37. The first-order valence-corrected chi connectivity index (χ1v) is 56.6. The van der Waals surface area contributed by atoms with Crippen molar-refractivity contribution in [3.63, 3.8) is 0 Å². The summed E-state index contributed by atoms with van der Waals surface area (Å²) in [4.78, 5) is 199. The van der Waals surface area contributed by atoms with Crippen LogP contribution in [0.5, 0.6) is 0 Å². The predicted octanol–water partition coefficient (Wildman–Crippen LogP) is 2.02. The molecule has 1 saturated heterocycles. The van der Waals surface area contributed by atoms with E-state index in [1.807, 2.05) is 30.3 Å². The second-order valence-electron chi connectivity index (χ2n) is 37.1. The molecule has 850 valence electrons. The molecular formula is C97H164N14O34S4. The van der Waals surface area contributed by atoms with Gasteiger partial charge in [0.1, 0.15) is 19.4 Å². The van der Waals surface area contributed by atoms with E-state index in [0.29, 0.717) is 49.3 Å². The van der Waals surface area contributed by atoms with Gasteiger partial charge in [-0.2, -0.15) is 44.7 Å². The number of amides is 8. The third kappa shape index (κ3) is 59.7. The van der Waals surface area contributed by atoms with Gasteiger partial charge in [-0.15, -0.1) is 0 Å². The molecule has 10 atom stereocenters. The quantitative estimate of drug-likeness (QED) is 0.0333. The van der Waals surface area contributed by atoms with E-state index in [-0.39, 0.29) is 314 Å². The minimum absolute atomic E-state index is 0.00239. The highest BCUT2D eigenvalue weighted by molar-refractivity contribution is 8.25. The van der Waals surface area contributed by atoms with Crippen molar-refractivity contribution in [3.05, 3.63) is 69.8 Å². The van der Waals surface area contributed by atoms with E-state index in [0.717, 1.165) is 27.8 Å². The number of ketones is 1. The summed E-state index contributed by atoms with van der Waals surface area (Å²) in [6, 6.07) is 11.1. The number of aliphatic hydroxyl groups is 1. The van der Waals surface area contributed by atoms with E-state index in [2.05, 4.69) is 48.6 Å². The van der Waals surface area contributed by atoms with Gasteiger partial charge in [0, 0.05) is 156 Å². The Morgan fingerprint density at radius 2 is 0.779 bits per heavy atom. The normalized spacial score (nSPS) is 16.0. The van der Waals surface area contributed by atoms with Crippen LogP contribution in [0.15, 0.2) is 36.4 Å². The number of fused-ring (bicyclic) bond motifs is 2. The third-order valence-corrected chi connectivity index (χ3v) is 30.9. The lowest BCUT2D eigenvalue weighted by atomic mass is 9.76. The van der Waals surface area contributed by atoms with Crippen molar-refractivity contribution >= 4 is 134 Å². The van der Waals surface area contributed by atoms with Gasteiger partial charge in [0.2, 0.25) is 35.4 Å². The van der Waals surface area contributed by atoms with Gasteiger partial charge in [0.05, 0.1) is 147 Å². The molecule has 8 amide bonds. The van der Waals surface area contributed by atoms with Crippen LogP contribution in [0.2, 0.25) is 0 Å². The number of hydrogen-bond acceptors (Lipinski definition) is 36. The molecule has 1 aliphatic heterocycles. The Hall–Kier alpha value is -8.99. The van der Waals surface area contributed by atoms with Crippen molar-refractivity contribution in [2.45, 2.75) is 136 Å². The fourth-order valence-electron chi connectivity index (χ4n) is 16.4. The van der Waals surface area contributed by atoms with E-state index in [1.165, 1.54) is 35.3 Å². The SMILES string of the molecule is CC(=O)C(CSCCS(O)(O)CCOC(=O)NCCOCCOCCNC(=O)C(CC(CC(CC(C)C(=O)O)c1ccc2c(c1)CCc1ccc(C(CC(C)C(=O)O)CC(C)C(=O)O)cc1CC2)C(N)=O)CC(CC(C)C(=O)NCCOCCOCCNCC(=O)N1CCN(CC(=O)O)CCN(CC(=O)O)CCN(CC(=O)O)CC1)C(=O)NCCOCCOCCNC(=O)OCCS(O)(O)CCSCCNC(C)O)NC(=O)CN. The maximum atomic E-state index is 15.1. The number of carbonyl (C=O) groups is 15. The van der Waals surface area contributed by atoms with Crippen LogP contribution in [-0.4, -0.2) is 444 Å². The molecule has 1 fully saturated rings. The number of Topliss-reactive ketones (excluding diaryl/α,β-unsaturated/α-hetero) is 1. The third-order valence-electron chi connectivity index (χ3n) is 25.0. The van der Waals surface area contributed by atoms with Gasteiger partial charge in [0.15, 0.2) is 5.78 Å². The zero-order chi connectivity index (χ0) is 110. The first-order chi connectivity index (χ1) is 70.8. The van der Waals surface area contributed by atoms with Crippen LogP contribution in [0, 0.1) is 41.4 Å². The van der Waals surface area contributed by atoms with Gasteiger partial charge in [-0.3, -0.25) is 101 Å². The number of ether oxygens (including phenoxy) is 8. The molecule has 48 nitrogen and oxygen atoms in total. The molecule has 2 aliphatic rings. The number of nitrogens with zero attached hydrogens (tertiary/aromatic N) is 4. The zero-order valence-corrected chi connectivity index (χ0v) is 89.9. The standard InChI is InChI=1S/C97H164N14O34S4/c1-66(90(123)102-16-31-139-37-36-138-30-15-100-61-85(115)111-28-26-109(63-87(118)119)24-22-108(62-86(116)117)23-25-110(27-29-111)64-88(120)121)51-81(91(124)103-17-32-140-38-40-142-34-19-105-96(132)144-42-47-148(134,135)49-45-146-44-21-101-71(6)113)59-82(92(125)104-18-33-141-39-41-143-35-20-106-97(133)145-43-48-149(136,137)50-46-147-65-83(70(5)112)107-84(114)60-98)58-80(89(99)122)57-79(54-69(4)95(130)131)77-14-10-73-7-11-74-55-76(13-9-72(74)8-12-75(73)56-77)78(52-67(2)93(126)127)53-68(3)94(128)129/h9-10,13-14,55-56,66-69,71,78-83,100-101,113,134-137H,7-8,11-12,15-54,57-65,98H2,1-6H3,(H2,99,122)(H,102,123)(H,103,124)(H,104,125)(H,105,132)(H,106,133)(H,107,114)(H,116,117)(H,118,119)(H,120,121)(H,126,127)(H,128,129)(H,130,131). The van der Waals surface area contributed by atoms with Crippen LogP contribution >= 0.6 is 44.7 Å². The van der Waals surface area contributed by atoms with Gasteiger partial charge < -0.3 is 127 Å². The number of nitrogens with one attached hydrogen (secondary N) is 8. The number of benzene rings is 2. The highest BCUT2D eigenvalue weighted by atomic mass is 32.3. The van der Waals surface area contributed by atoms with Crippen molar-refractivity contribution in [1.29, 1.82) is 0 Å². The molecule has 2 aromatic rings. The molecule has 4 rings (SSSR count). The zero-order valence-electron chi connectivity index (χ0n) is 86.7. The average Bonchev–Trinajstić information content (AvgIpc) is 0.801. The molecule has 0 radical (unpaired) electrons. The molecule has 1 aliphatic carbocycles. The van der Waals surface area contributed by atoms with E-state index in [9.17, 15) is 121 Å². The Bertz CT molecular complexity index is 4360. The monoisotopic (exact) mass is 2200 g/mol. The Labute approximate surface area is 883 Å². The number of thioether (sulfide) groups is 2. The van der Waals surface area contributed by atoms with Gasteiger partial charge in [-0.05, 0) is 130 Å². The summed E-state index contributed by atoms with van der Waals surface area (Å²) >= 11 is 2.70. The number of carboxylic acids is 6. The van der Waals surface area contributed by atoms with E-state index >= 15 is 4.79 Å². The molecule has 1 heterocycles. The van der Waals surface area contributed by atoms with E-state index in [4.69, 9.17) is 49.4 Å². The molecule has 0 saturated carbocycles. The van der Waals surface area contributed by atoms with Crippen LogP contribution in [0.4, 0.5) is 9.59 Å². The molecule has 0 spiro atoms. The molecule has 10 unspecified atom stereocenters. The Morgan fingerprint density at radius 1 is 0.409 bits per heavy atom. The second-order valence-corrected chi connectivity index (χ2v) is 44.3. The highest BCUT2D eigenvalue weighted by Crippen LogP contribution is 2.41. The summed E-state index contributed by atoms with van der Waals surface area (Å²) in [6.45, 7) is 9.43. The van der Waals surface area contributed by atoms with Crippen molar-refractivity contribution in [2.24, 2.45) is 52.9 Å². The number of aryl methyl sites for hydroxylation is 4. The number of carboxylic acid groups (broad SMARTS) is 6. The van der Waals surface area contributed by atoms with Gasteiger partial charge in [0.25, 0.3) is 0 Å². The summed E-state index contributed by atoms with van der Waals surface area (Å²) in [5.74, 6) is -16.7. The lowest BCUT2D eigenvalue weighted by Crippen LogP contribution is -2.50. The predicted molar refractivity (Wildman–Crippen MR) is 560 cm³/mol. The molecule has 0 aromatic heterocycles. The van der Waals surface area contributed by atoms with Gasteiger partial charge in [-0.1, -0.05) is 64.1 Å². The summed E-state index contributed by atoms with van der Waals surface area (Å²) in [7, 11) is -6.18. The number of nitrogens with two attached hydrogens (primary N) is 2. The Kier molecular flexibility index (Phi) is 66.5. The molecule has 0 bridgehead atoms. The topological polar surface area (TPSA) is 714 Å². The molecule has 52 heteroatoms. The molecular weight excluding hydrogens is 2030 g/mol. The van der Waals surface area contributed by atoms with Crippen LogP contribution in [-0.2, 0) is 126 Å². The van der Waals surface area contributed by atoms with Crippen molar-refractivity contribution in [3.8, 4) is 0 Å². The number of carbonyl (C=O) groups excluding carboxylic acids is 9. The number of rotatable bonds is 79. The average molecular weight is 2200 g/mol. The maximum Gasteiger partial charge on any atom is 0.407 e. The minimum Gasteiger partial charge on any atom is -0.481 e. The number of aliphatic hydroxyl groups excluding tert-OH is 1. The van der Waals surface area contributed by atoms with Crippen LogP contribution in [0.25, 0.3) is 0 Å². The fraction of sp³-hybridized carbons (Fsp3) is 0.722. The molecule has 2 aromatic carbocycles. The number of hydrogen-bond donors (Lipinski definition) is 21.